The van der Waals surface area contributed by atoms with E-state index >= 15 is 0 Å². The number of hydrogen-bond acceptors (Lipinski definition) is 2. The number of fused-ring (bicyclic) bond motifs is 1. The van der Waals surface area contributed by atoms with Gasteiger partial charge in [0.1, 0.15) is 0 Å². The normalized spacial score (nSPS) is 15.1. The van der Waals surface area contributed by atoms with Gasteiger partial charge in [0.25, 0.3) is 0 Å². The molecule has 86 valence electrons. The highest BCUT2D eigenvalue weighted by Gasteiger charge is 2.13. The van der Waals surface area contributed by atoms with Crippen LogP contribution in [-0.4, -0.2) is 14.6 Å². The third kappa shape index (κ3) is 1.82. The fraction of sp³-hybridized carbons (Fsp3) is 0.538. The summed E-state index contributed by atoms with van der Waals surface area (Å²) in [4.78, 5) is 4.22. The highest BCUT2D eigenvalue weighted by Crippen LogP contribution is 2.24. The zero-order chi connectivity index (χ0) is 14.2. The SMILES string of the molecule is [2H]C([2H])([2H])c1cc(C(CC)CC)n2nc(C)cc2n1. The molecule has 0 aliphatic carbocycles. The number of rotatable bonds is 3. The summed E-state index contributed by atoms with van der Waals surface area (Å²) in [6, 6.07) is 3.51. The molecular formula is C13H19N3. The van der Waals surface area contributed by atoms with Crippen molar-refractivity contribution in [3.8, 4) is 0 Å². The van der Waals surface area contributed by atoms with Crippen molar-refractivity contribution >= 4 is 5.65 Å². The van der Waals surface area contributed by atoms with Crippen LogP contribution in [-0.2, 0) is 0 Å². The van der Waals surface area contributed by atoms with Gasteiger partial charge in [-0.3, -0.25) is 0 Å². The summed E-state index contributed by atoms with van der Waals surface area (Å²) in [5.74, 6) is 0.297. The van der Waals surface area contributed by atoms with Crippen molar-refractivity contribution < 1.29 is 4.11 Å². The minimum atomic E-state index is -2.18. The quantitative estimate of drug-likeness (QED) is 0.794. The van der Waals surface area contributed by atoms with Crippen LogP contribution in [0.25, 0.3) is 5.65 Å². The molecule has 0 atom stereocenters. The van der Waals surface area contributed by atoms with Gasteiger partial charge in [0.2, 0.25) is 0 Å². The standard InChI is InChI=1S/C13H19N3/c1-5-11(6-2)12-7-9(3)14-13-8-10(4)15-16(12)13/h7-8,11H,5-6H2,1-4H3/i3D3. The fourth-order valence-corrected chi connectivity index (χ4v) is 2.11. The molecule has 0 radical (unpaired) electrons. The summed E-state index contributed by atoms with van der Waals surface area (Å²) < 4.78 is 24.4. The average molecular weight is 220 g/mol. The highest BCUT2D eigenvalue weighted by molar-refractivity contribution is 5.42. The summed E-state index contributed by atoms with van der Waals surface area (Å²) >= 11 is 0. The van der Waals surface area contributed by atoms with Crippen molar-refractivity contribution in [1.82, 2.24) is 14.6 Å². The molecule has 0 unspecified atom stereocenters. The molecule has 3 nitrogen and oxygen atoms in total. The van der Waals surface area contributed by atoms with E-state index < -0.39 is 6.85 Å². The van der Waals surface area contributed by atoms with Gasteiger partial charge >= 0.3 is 0 Å². The Morgan fingerprint density at radius 2 is 2.06 bits per heavy atom. The number of aromatic nitrogens is 3. The van der Waals surface area contributed by atoms with Gasteiger partial charge in [-0.05, 0) is 32.7 Å². The van der Waals surface area contributed by atoms with E-state index in [1.807, 2.05) is 13.0 Å². The van der Waals surface area contributed by atoms with E-state index in [1.165, 1.54) is 0 Å². The van der Waals surface area contributed by atoms with Crippen LogP contribution in [0.4, 0.5) is 0 Å². The Bertz CT molecular complexity index is 583. The first-order chi connectivity index (χ1) is 8.86. The molecule has 0 amide bonds. The molecule has 2 aromatic heterocycles. The first kappa shape index (κ1) is 7.82. The number of aryl methyl sites for hydroxylation is 2. The Kier molecular flexibility index (Phi) is 2.07. The maximum absolute atomic E-state index is 7.55. The minimum Gasteiger partial charge on any atom is -0.234 e. The van der Waals surface area contributed by atoms with E-state index in [0.717, 1.165) is 24.2 Å². The van der Waals surface area contributed by atoms with Crippen LogP contribution >= 0.6 is 0 Å². The van der Waals surface area contributed by atoms with E-state index in [2.05, 4.69) is 23.9 Å². The van der Waals surface area contributed by atoms with Crippen LogP contribution in [0, 0.1) is 13.8 Å². The number of nitrogens with zero attached hydrogens (tertiary/aromatic N) is 3. The molecule has 0 spiro atoms. The zero-order valence-corrected chi connectivity index (χ0v) is 9.99. The Labute approximate surface area is 101 Å². The molecule has 0 aliphatic heterocycles. The van der Waals surface area contributed by atoms with Gasteiger partial charge in [-0.15, -0.1) is 0 Å². The Hall–Kier alpha value is -1.38. The third-order valence-electron chi connectivity index (χ3n) is 2.98. The molecule has 0 aliphatic rings. The molecule has 2 rings (SSSR count). The van der Waals surface area contributed by atoms with E-state index in [1.54, 1.807) is 10.6 Å². The first-order valence-electron chi connectivity index (χ1n) is 7.24. The second kappa shape index (κ2) is 4.24. The molecule has 0 bridgehead atoms. The largest absolute Gasteiger partial charge is 0.234 e. The van der Waals surface area contributed by atoms with Crippen LogP contribution < -0.4 is 0 Å². The Balaban J connectivity index is 2.71. The predicted molar refractivity (Wildman–Crippen MR) is 65.8 cm³/mol. The summed E-state index contributed by atoms with van der Waals surface area (Å²) in [5, 5.41) is 4.42. The lowest BCUT2D eigenvalue weighted by Gasteiger charge is -2.14. The van der Waals surface area contributed by atoms with Crippen molar-refractivity contribution in [2.45, 2.75) is 46.4 Å². The van der Waals surface area contributed by atoms with Crippen molar-refractivity contribution in [1.29, 1.82) is 0 Å². The summed E-state index contributed by atoms with van der Waals surface area (Å²) in [6.07, 6.45) is 1.91. The maximum atomic E-state index is 7.55. The molecule has 0 aromatic carbocycles. The second-order valence-corrected chi connectivity index (χ2v) is 4.14. The van der Waals surface area contributed by atoms with Gasteiger partial charge in [0.15, 0.2) is 5.65 Å². The van der Waals surface area contributed by atoms with Crippen LogP contribution in [0.15, 0.2) is 12.1 Å². The van der Waals surface area contributed by atoms with E-state index in [4.69, 9.17) is 4.11 Å². The predicted octanol–water partition coefficient (Wildman–Crippen LogP) is 3.25. The van der Waals surface area contributed by atoms with Crippen molar-refractivity contribution in [3.63, 3.8) is 0 Å². The summed E-state index contributed by atoms with van der Waals surface area (Å²) in [7, 11) is 0. The monoisotopic (exact) mass is 220 g/mol. The molecule has 0 saturated carbocycles. The smallest absolute Gasteiger partial charge is 0.155 e. The Morgan fingerprint density at radius 3 is 2.69 bits per heavy atom. The maximum Gasteiger partial charge on any atom is 0.155 e. The third-order valence-corrected chi connectivity index (χ3v) is 2.98. The summed E-state index contributed by atoms with van der Waals surface area (Å²) in [6.45, 7) is 3.92. The lowest BCUT2D eigenvalue weighted by molar-refractivity contribution is 0.598. The molecule has 16 heavy (non-hydrogen) atoms. The number of hydrogen-bond donors (Lipinski definition) is 0. The minimum absolute atomic E-state index is 0.154. The zero-order valence-electron chi connectivity index (χ0n) is 13.0. The topological polar surface area (TPSA) is 30.2 Å². The van der Waals surface area contributed by atoms with Crippen LogP contribution in [0.1, 0.15) is 53.8 Å². The highest BCUT2D eigenvalue weighted by atomic mass is 15.3. The molecule has 0 N–H and O–H groups in total. The molecule has 3 heteroatoms. The summed E-state index contributed by atoms with van der Waals surface area (Å²) in [5.41, 5.74) is 2.56. The van der Waals surface area contributed by atoms with Crippen LogP contribution in [0.2, 0.25) is 0 Å². The van der Waals surface area contributed by atoms with Crippen LogP contribution in [0.5, 0.6) is 0 Å². The van der Waals surface area contributed by atoms with Gasteiger partial charge in [-0.25, -0.2) is 9.50 Å². The van der Waals surface area contributed by atoms with E-state index in [0.29, 0.717) is 11.6 Å². The van der Waals surface area contributed by atoms with E-state index in [9.17, 15) is 0 Å². The van der Waals surface area contributed by atoms with Gasteiger partial charge < -0.3 is 0 Å². The van der Waals surface area contributed by atoms with Crippen molar-refractivity contribution in [2.24, 2.45) is 0 Å². The lowest BCUT2D eigenvalue weighted by Crippen LogP contribution is -2.07. The van der Waals surface area contributed by atoms with Crippen molar-refractivity contribution in [2.75, 3.05) is 0 Å². The molecule has 0 saturated heterocycles. The fourth-order valence-electron chi connectivity index (χ4n) is 2.11. The second-order valence-electron chi connectivity index (χ2n) is 4.14. The van der Waals surface area contributed by atoms with E-state index in [-0.39, 0.29) is 5.69 Å². The average Bonchev–Trinajstić information content (AvgIpc) is 2.69. The molecule has 2 heterocycles. The van der Waals surface area contributed by atoms with Gasteiger partial charge in [-0.1, -0.05) is 13.8 Å². The van der Waals surface area contributed by atoms with Gasteiger partial charge in [-0.2, -0.15) is 5.10 Å². The van der Waals surface area contributed by atoms with Gasteiger partial charge in [0, 0.05) is 27.5 Å². The lowest BCUT2D eigenvalue weighted by atomic mass is 9.99. The van der Waals surface area contributed by atoms with Gasteiger partial charge in [0.05, 0.1) is 5.69 Å². The molecule has 0 fully saturated rings. The molecule has 2 aromatic rings. The first-order valence-corrected chi connectivity index (χ1v) is 5.74. The van der Waals surface area contributed by atoms with Crippen LogP contribution in [0.3, 0.4) is 0 Å². The Morgan fingerprint density at radius 1 is 1.31 bits per heavy atom. The molecular weight excluding hydrogens is 198 g/mol. The van der Waals surface area contributed by atoms with Crippen molar-refractivity contribution in [3.05, 3.63) is 29.2 Å².